The molecule has 0 saturated heterocycles. The Morgan fingerprint density at radius 2 is 1.86 bits per heavy atom. The lowest BCUT2D eigenvalue weighted by atomic mass is 10.1. The zero-order valence-electron chi connectivity index (χ0n) is 12.7. The predicted molar refractivity (Wildman–Crippen MR) is 82.6 cm³/mol. The zero-order valence-corrected chi connectivity index (χ0v) is 12.7. The maximum atomic E-state index is 12.2. The normalized spacial score (nSPS) is 14.9. The highest BCUT2D eigenvalue weighted by molar-refractivity contribution is 5.82. The van der Waals surface area contributed by atoms with Gasteiger partial charge < -0.3 is 14.7 Å². The number of hydrogen-bond acceptors (Lipinski definition) is 3. The number of nitrogens with zero attached hydrogens (tertiary/aromatic N) is 1. The number of amides is 1. The van der Waals surface area contributed by atoms with Crippen LogP contribution in [-0.4, -0.2) is 47.7 Å². The molecule has 1 fully saturated rings. The van der Waals surface area contributed by atoms with Gasteiger partial charge in [0.15, 0.2) is 0 Å². The highest BCUT2D eigenvalue weighted by Gasteiger charge is 2.20. The number of carbonyl (C=O) groups is 2. The molecule has 1 aliphatic carbocycles. The summed E-state index contributed by atoms with van der Waals surface area (Å²) >= 11 is 0. The van der Waals surface area contributed by atoms with E-state index in [4.69, 9.17) is 9.84 Å². The van der Waals surface area contributed by atoms with E-state index in [0.717, 1.165) is 31.2 Å². The van der Waals surface area contributed by atoms with E-state index in [9.17, 15) is 9.59 Å². The Bertz CT molecular complexity index is 483. The lowest BCUT2D eigenvalue weighted by Gasteiger charge is -2.22. The monoisotopic (exact) mass is 305 g/mol. The molecule has 0 radical (unpaired) electrons. The van der Waals surface area contributed by atoms with Gasteiger partial charge in [-0.05, 0) is 24.8 Å². The molecule has 0 heterocycles. The van der Waals surface area contributed by atoms with Crippen molar-refractivity contribution in [3.05, 3.63) is 35.9 Å². The van der Waals surface area contributed by atoms with Crippen molar-refractivity contribution in [1.82, 2.24) is 4.90 Å². The quantitative estimate of drug-likeness (QED) is 0.798. The summed E-state index contributed by atoms with van der Waals surface area (Å²) in [5.41, 5.74) is 1.09. The van der Waals surface area contributed by atoms with Crippen molar-refractivity contribution in [1.29, 1.82) is 0 Å². The second kappa shape index (κ2) is 8.54. The van der Waals surface area contributed by atoms with Crippen LogP contribution in [0.15, 0.2) is 30.3 Å². The summed E-state index contributed by atoms with van der Waals surface area (Å²) in [6.07, 6.45) is 5.08. The fraction of sp³-hybridized carbons (Fsp3) is 0.529. The molecule has 5 nitrogen and oxygen atoms in total. The fourth-order valence-corrected chi connectivity index (χ4v) is 2.70. The van der Waals surface area contributed by atoms with E-state index >= 15 is 0 Å². The Morgan fingerprint density at radius 1 is 1.18 bits per heavy atom. The molecule has 0 spiro atoms. The van der Waals surface area contributed by atoms with Crippen molar-refractivity contribution in [2.75, 3.05) is 19.7 Å². The molecule has 120 valence electrons. The molecule has 0 aliphatic heterocycles. The highest BCUT2D eigenvalue weighted by atomic mass is 16.5. The van der Waals surface area contributed by atoms with Crippen molar-refractivity contribution in [3.8, 4) is 0 Å². The number of carboxylic acid groups (broad SMARTS) is 1. The molecule has 1 saturated carbocycles. The number of aliphatic carboxylic acids is 1. The molecular weight excluding hydrogens is 282 g/mol. The molecule has 5 heteroatoms. The van der Waals surface area contributed by atoms with E-state index in [-0.39, 0.29) is 25.2 Å². The van der Waals surface area contributed by atoms with Gasteiger partial charge in [-0.25, -0.2) is 0 Å². The second-order valence-electron chi connectivity index (χ2n) is 5.66. The summed E-state index contributed by atoms with van der Waals surface area (Å²) in [7, 11) is 0. The number of carbonyl (C=O) groups excluding carboxylic acids is 1. The molecule has 0 unspecified atom stereocenters. The van der Waals surface area contributed by atoms with Crippen LogP contribution in [0.1, 0.15) is 31.2 Å². The number of carboxylic acids is 1. The van der Waals surface area contributed by atoms with E-state index in [2.05, 4.69) is 0 Å². The lowest BCUT2D eigenvalue weighted by molar-refractivity contribution is -0.147. The van der Waals surface area contributed by atoms with Crippen molar-refractivity contribution >= 4 is 11.9 Å². The molecule has 2 rings (SSSR count). The van der Waals surface area contributed by atoms with Gasteiger partial charge >= 0.3 is 5.97 Å². The first kappa shape index (κ1) is 16.5. The molecular formula is C17H23NO4. The van der Waals surface area contributed by atoms with E-state index in [1.165, 1.54) is 4.90 Å². The minimum absolute atomic E-state index is 0.0211. The van der Waals surface area contributed by atoms with Crippen LogP contribution in [0.4, 0.5) is 0 Å². The third-order valence-corrected chi connectivity index (χ3v) is 3.94. The lowest BCUT2D eigenvalue weighted by Crippen LogP contribution is -2.40. The fourth-order valence-electron chi connectivity index (χ4n) is 2.70. The number of rotatable bonds is 8. The first-order valence-electron chi connectivity index (χ1n) is 7.80. The Balaban J connectivity index is 1.83. The molecule has 1 N–H and O–H groups in total. The Morgan fingerprint density at radius 3 is 2.50 bits per heavy atom. The van der Waals surface area contributed by atoms with Crippen LogP contribution in [0.5, 0.6) is 0 Å². The Labute approximate surface area is 130 Å². The molecule has 22 heavy (non-hydrogen) atoms. The van der Waals surface area contributed by atoms with Crippen molar-refractivity contribution in [2.45, 2.75) is 38.2 Å². The van der Waals surface area contributed by atoms with Crippen molar-refractivity contribution in [2.24, 2.45) is 0 Å². The average Bonchev–Trinajstić information content (AvgIpc) is 3.03. The minimum Gasteiger partial charge on any atom is -0.480 e. The Kier molecular flexibility index (Phi) is 6.40. The molecule has 1 aromatic carbocycles. The van der Waals surface area contributed by atoms with Crippen LogP contribution >= 0.6 is 0 Å². The first-order valence-corrected chi connectivity index (χ1v) is 7.80. The molecule has 1 aromatic rings. The zero-order chi connectivity index (χ0) is 15.8. The van der Waals surface area contributed by atoms with Crippen molar-refractivity contribution < 1.29 is 19.4 Å². The van der Waals surface area contributed by atoms with Gasteiger partial charge in [0, 0.05) is 6.54 Å². The van der Waals surface area contributed by atoms with Crippen LogP contribution in [-0.2, 0) is 20.7 Å². The average molecular weight is 305 g/mol. The maximum absolute atomic E-state index is 12.2. The van der Waals surface area contributed by atoms with Gasteiger partial charge in [0.1, 0.15) is 13.2 Å². The largest absolute Gasteiger partial charge is 0.480 e. The second-order valence-corrected chi connectivity index (χ2v) is 5.66. The first-order chi connectivity index (χ1) is 10.6. The van der Waals surface area contributed by atoms with Crippen LogP contribution in [0.3, 0.4) is 0 Å². The number of benzene rings is 1. The summed E-state index contributed by atoms with van der Waals surface area (Å²) in [5.74, 6) is -1.24. The van der Waals surface area contributed by atoms with Gasteiger partial charge in [-0.2, -0.15) is 0 Å². The summed E-state index contributed by atoms with van der Waals surface area (Å²) < 4.78 is 5.60. The van der Waals surface area contributed by atoms with Gasteiger partial charge in [0.05, 0.1) is 6.10 Å². The summed E-state index contributed by atoms with van der Waals surface area (Å²) in [5, 5.41) is 8.98. The molecule has 1 amide bonds. The third-order valence-electron chi connectivity index (χ3n) is 3.94. The molecule has 0 bridgehead atoms. The van der Waals surface area contributed by atoms with Crippen LogP contribution in [0.25, 0.3) is 0 Å². The van der Waals surface area contributed by atoms with Gasteiger partial charge in [-0.3, -0.25) is 9.59 Å². The topological polar surface area (TPSA) is 66.8 Å². The maximum Gasteiger partial charge on any atom is 0.323 e. The standard InChI is InChI=1S/C17H23NO4/c19-16(13-22-15-8-4-5-9-15)18(12-17(20)21)11-10-14-6-2-1-3-7-14/h1-3,6-7,15H,4-5,8-13H2,(H,20,21). The van der Waals surface area contributed by atoms with E-state index in [1.807, 2.05) is 30.3 Å². The van der Waals surface area contributed by atoms with Gasteiger partial charge in [-0.15, -0.1) is 0 Å². The summed E-state index contributed by atoms with van der Waals surface area (Å²) in [4.78, 5) is 24.5. The van der Waals surface area contributed by atoms with Crippen LogP contribution in [0.2, 0.25) is 0 Å². The van der Waals surface area contributed by atoms with Crippen LogP contribution < -0.4 is 0 Å². The smallest absolute Gasteiger partial charge is 0.323 e. The molecule has 0 atom stereocenters. The molecule has 0 aromatic heterocycles. The SMILES string of the molecule is O=C(O)CN(CCc1ccccc1)C(=O)COC1CCCC1. The highest BCUT2D eigenvalue weighted by Crippen LogP contribution is 2.20. The van der Waals surface area contributed by atoms with Crippen LogP contribution in [0, 0.1) is 0 Å². The van der Waals surface area contributed by atoms with E-state index in [1.54, 1.807) is 0 Å². The van der Waals surface area contributed by atoms with E-state index < -0.39 is 5.97 Å². The summed E-state index contributed by atoms with van der Waals surface area (Å²) in [6, 6.07) is 9.74. The Hall–Kier alpha value is -1.88. The van der Waals surface area contributed by atoms with Crippen molar-refractivity contribution in [3.63, 3.8) is 0 Å². The summed E-state index contributed by atoms with van der Waals surface area (Å²) in [6.45, 7) is 0.0929. The van der Waals surface area contributed by atoms with Gasteiger partial charge in [0.2, 0.25) is 5.91 Å². The van der Waals surface area contributed by atoms with Gasteiger partial charge in [-0.1, -0.05) is 43.2 Å². The minimum atomic E-state index is -0.998. The third kappa shape index (κ3) is 5.48. The molecule has 1 aliphatic rings. The number of hydrogen-bond donors (Lipinski definition) is 1. The predicted octanol–water partition coefficient (Wildman–Crippen LogP) is 2.10. The van der Waals surface area contributed by atoms with E-state index in [0.29, 0.717) is 13.0 Å². The van der Waals surface area contributed by atoms with Gasteiger partial charge in [0.25, 0.3) is 0 Å². The number of ether oxygens (including phenoxy) is 1.